The summed E-state index contributed by atoms with van der Waals surface area (Å²) in [6.45, 7) is 5.85. The zero-order valence-electron chi connectivity index (χ0n) is 29.3. The third kappa shape index (κ3) is 8.92. The van der Waals surface area contributed by atoms with E-state index in [9.17, 15) is 19.2 Å². The number of likely N-dealkylation sites (tertiary alicyclic amines) is 1. The number of likely N-dealkylation sites (N-methyl/N-ethyl adjacent to an activating group) is 3. The van der Waals surface area contributed by atoms with Crippen molar-refractivity contribution >= 4 is 34.6 Å². The number of hydrogen-bond acceptors (Lipinski definition) is 6. The fourth-order valence-corrected chi connectivity index (χ4v) is 6.37. The molecule has 4 atom stereocenters. The molecule has 1 aliphatic heterocycles. The first-order valence-corrected chi connectivity index (χ1v) is 16.6. The van der Waals surface area contributed by atoms with Crippen LogP contribution in [0.15, 0.2) is 72.8 Å². The van der Waals surface area contributed by atoms with Crippen molar-refractivity contribution in [2.75, 3.05) is 34.8 Å². The minimum atomic E-state index is -1.03. The van der Waals surface area contributed by atoms with E-state index in [2.05, 4.69) is 5.32 Å². The number of nitrogens with zero attached hydrogens (tertiary/aromatic N) is 3. The zero-order valence-corrected chi connectivity index (χ0v) is 29.3. The molecule has 1 aliphatic rings. The van der Waals surface area contributed by atoms with Crippen molar-refractivity contribution in [1.82, 2.24) is 20.0 Å². The first-order valence-electron chi connectivity index (χ1n) is 16.6. The molecule has 0 radical (unpaired) electrons. The van der Waals surface area contributed by atoms with Crippen LogP contribution in [0.4, 0.5) is 4.79 Å². The predicted molar refractivity (Wildman–Crippen MR) is 186 cm³/mol. The number of rotatable bonds is 11. The van der Waals surface area contributed by atoms with Gasteiger partial charge in [0.1, 0.15) is 17.7 Å². The Morgan fingerprint density at radius 1 is 0.833 bits per heavy atom. The van der Waals surface area contributed by atoms with Gasteiger partial charge in [0, 0.05) is 47.6 Å². The minimum absolute atomic E-state index is 0.207. The number of ether oxygens (including phenoxy) is 2. The molecular weight excluding hydrogens is 608 g/mol. The highest BCUT2D eigenvalue weighted by atomic mass is 16.6. The number of carbonyl (C=O) groups is 4. The summed E-state index contributed by atoms with van der Waals surface area (Å²) in [4.78, 5) is 59.9. The second kappa shape index (κ2) is 16.1. The predicted octanol–water partition coefficient (Wildman–Crippen LogP) is 4.83. The molecule has 4 rings (SSSR count). The molecule has 1 heterocycles. The van der Waals surface area contributed by atoms with E-state index in [1.165, 1.54) is 16.9 Å². The van der Waals surface area contributed by atoms with Gasteiger partial charge in [0.2, 0.25) is 11.8 Å². The van der Waals surface area contributed by atoms with Crippen LogP contribution >= 0.6 is 0 Å². The van der Waals surface area contributed by atoms with Gasteiger partial charge < -0.3 is 29.5 Å². The number of nitrogens with one attached hydrogen (secondary N) is 1. The van der Waals surface area contributed by atoms with Crippen LogP contribution in [0.25, 0.3) is 10.8 Å². The van der Waals surface area contributed by atoms with E-state index in [1.54, 1.807) is 46.8 Å². The summed E-state index contributed by atoms with van der Waals surface area (Å²) in [6.07, 6.45) is 1.14. The summed E-state index contributed by atoms with van der Waals surface area (Å²) in [7, 11) is 6.20. The Bertz CT molecular complexity index is 1570. The maximum absolute atomic E-state index is 14.6. The van der Waals surface area contributed by atoms with Gasteiger partial charge in [0.05, 0.1) is 6.04 Å². The van der Waals surface area contributed by atoms with Crippen molar-refractivity contribution < 1.29 is 28.7 Å². The van der Waals surface area contributed by atoms with Crippen molar-refractivity contribution in [2.24, 2.45) is 0 Å². The Labute approximate surface area is 284 Å². The molecule has 1 saturated heterocycles. The van der Waals surface area contributed by atoms with Crippen molar-refractivity contribution in [3.05, 3.63) is 83.9 Å². The standard InChI is InChI=1S/C38H50N4O6/c1-38(2,3)48-37(46)42-22-14-13-19-30(42)33(47-7)36(45)41(6)32(25-27-20-21-28-17-11-12-18-29(28)23-27)35(44)40(5)31(34(43)39-4)24-26-15-9-8-10-16-26/h8-12,15-18,20-21,23,30-33H,13-14,19,22,24-25H2,1-7H3,(H,39,43)/t30?,31-,32-,33?/m1/s1. The molecular formula is C38H50N4O6. The third-order valence-electron chi connectivity index (χ3n) is 9.00. The summed E-state index contributed by atoms with van der Waals surface area (Å²) < 4.78 is 11.5. The largest absolute Gasteiger partial charge is 0.444 e. The van der Waals surface area contributed by atoms with Crippen molar-refractivity contribution in [2.45, 2.75) is 82.7 Å². The molecule has 2 unspecified atom stereocenters. The summed E-state index contributed by atoms with van der Waals surface area (Å²) in [5.74, 6) is -1.12. The topological polar surface area (TPSA) is 108 Å². The molecule has 258 valence electrons. The fraction of sp³-hybridized carbons (Fsp3) is 0.474. The lowest BCUT2D eigenvalue weighted by Gasteiger charge is -2.41. The van der Waals surface area contributed by atoms with Gasteiger partial charge in [-0.05, 0) is 61.9 Å². The monoisotopic (exact) mass is 658 g/mol. The lowest BCUT2D eigenvalue weighted by atomic mass is 9.95. The Hall–Kier alpha value is -4.44. The number of hydrogen-bond donors (Lipinski definition) is 1. The quantitative estimate of drug-likeness (QED) is 0.316. The zero-order chi connectivity index (χ0) is 35.0. The van der Waals surface area contributed by atoms with Gasteiger partial charge in [0.15, 0.2) is 6.10 Å². The van der Waals surface area contributed by atoms with Crippen LogP contribution in [0.3, 0.4) is 0 Å². The van der Waals surface area contributed by atoms with Gasteiger partial charge in [-0.15, -0.1) is 0 Å². The minimum Gasteiger partial charge on any atom is -0.444 e. The number of fused-ring (bicyclic) bond motifs is 1. The Kier molecular flexibility index (Phi) is 12.2. The lowest BCUT2D eigenvalue weighted by Crippen LogP contribution is -2.60. The average Bonchev–Trinajstić information content (AvgIpc) is 3.08. The van der Waals surface area contributed by atoms with Crippen LogP contribution in [-0.2, 0) is 36.7 Å². The fourth-order valence-electron chi connectivity index (χ4n) is 6.37. The molecule has 0 bridgehead atoms. The molecule has 1 N–H and O–H groups in total. The molecule has 0 saturated carbocycles. The second-order valence-electron chi connectivity index (χ2n) is 13.5. The van der Waals surface area contributed by atoms with Crippen LogP contribution < -0.4 is 5.32 Å². The molecule has 10 nitrogen and oxygen atoms in total. The molecule has 3 aromatic carbocycles. The van der Waals surface area contributed by atoms with E-state index >= 15 is 0 Å². The number of amides is 4. The number of carbonyl (C=O) groups excluding carboxylic acids is 4. The van der Waals surface area contributed by atoms with Gasteiger partial charge in [-0.3, -0.25) is 14.4 Å². The van der Waals surface area contributed by atoms with E-state index in [0.29, 0.717) is 19.4 Å². The maximum Gasteiger partial charge on any atom is 0.410 e. The lowest BCUT2D eigenvalue weighted by molar-refractivity contribution is -0.155. The van der Waals surface area contributed by atoms with Crippen LogP contribution in [0, 0.1) is 0 Å². The van der Waals surface area contributed by atoms with E-state index < -0.39 is 41.8 Å². The van der Waals surface area contributed by atoms with Gasteiger partial charge >= 0.3 is 6.09 Å². The second-order valence-corrected chi connectivity index (χ2v) is 13.5. The summed E-state index contributed by atoms with van der Waals surface area (Å²) in [5, 5.41) is 4.78. The first-order chi connectivity index (χ1) is 22.8. The number of methoxy groups -OCH3 is 1. The maximum atomic E-state index is 14.6. The van der Waals surface area contributed by atoms with Gasteiger partial charge in [-0.1, -0.05) is 72.8 Å². The highest BCUT2D eigenvalue weighted by Gasteiger charge is 2.43. The Balaban J connectivity index is 1.68. The highest BCUT2D eigenvalue weighted by molar-refractivity contribution is 5.93. The molecule has 1 fully saturated rings. The van der Waals surface area contributed by atoms with Crippen LogP contribution in [0.2, 0.25) is 0 Å². The Morgan fingerprint density at radius 2 is 1.46 bits per heavy atom. The average molecular weight is 659 g/mol. The molecule has 0 aromatic heterocycles. The Morgan fingerprint density at radius 3 is 2.10 bits per heavy atom. The number of piperidine rings is 1. The first kappa shape index (κ1) is 36.4. The molecule has 3 aromatic rings. The summed E-state index contributed by atoms with van der Waals surface area (Å²) >= 11 is 0. The van der Waals surface area contributed by atoms with Crippen molar-refractivity contribution in [3.8, 4) is 0 Å². The van der Waals surface area contributed by atoms with E-state index in [4.69, 9.17) is 9.47 Å². The summed E-state index contributed by atoms with van der Waals surface area (Å²) in [6, 6.07) is 21.1. The summed E-state index contributed by atoms with van der Waals surface area (Å²) in [5.41, 5.74) is 1.06. The van der Waals surface area contributed by atoms with Crippen molar-refractivity contribution in [1.29, 1.82) is 0 Å². The third-order valence-corrected chi connectivity index (χ3v) is 9.00. The molecule has 0 aliphatic carbocycles. The highest BCUT2D eigenvalue weighted by Crippen LogP contribution is 2.27. The van der Waals surface area contributed by atoms with Gasteiger partial charge in [0.25, 0.3) is 5.91 Å². The van der Waals surface area contributed by atoms with E-state index in [1.807, 2.05) is 72.8 Å². The normalized spacial score (nSPS) is 16.8. The van der Waals surface area contributed by atoms with E-state index in [-0.39, 0.29) is 18.2 Å². The van der Waals surface area contributed by atoms with Crippen molar-refractivity contribution in [3.63, 3.8) is 0 Å². The molecule has 4 amide bonds. The molecule has 10 heteroatoms. The molecule has 48 heavy (non-hydrogen) atoms. The van der Waals surface area contributed by atoms with Gasteiger partial charge in [-0.25, -0.2) is 4.79 Å². The van der Waals surface area contributed by atoms with E-state index in [0.717, 1.165) is 34.7 Å². The number of benzene rings is 3. The van der Waals surface area contributed by atoms with Crippen LogP contribution in [0.5, 0.6) is 0 Å². The SMILES string of the molecule is CNC(=O)[C@@H](Cc1ccccc1)N(C)C(=O)[C@@H](Cc1ccc2ccccc2c1)N(C)C(=O)C(OC)C1CCCCN1C(=O)OC(C)(C)C. The van der Waals surface area contributed by atoms with Gasteiger partial charge in [-0.2, -0.15) is 0 Å². The molecule has 0 spiro atoms. The smallest absolute Gasteiger partial charge is 0.410 e. The van der Waals surface area contributed by atoms with Crippen LogP contribution in [-0.4, -0.2) is 103 Å². The van der Waals surface area contributed by atoms with Crippen LogP contribution in [0.1, 0.15) is 51.2 Å².